The summed E-state index contributed by atoms with van der Waals surface area (Å²) in [6, 6.07) is 0. The molecule has 1 rings (SSSR count). The van der Waals surface area contributed by atoms with Crippen LogP contribution in [0.3, 0.4) is 0 Å². The Morgan fingerprint density at radius 2 is 1.64 bits per heavy atom. The second kappa shape index (κ2) is 4.29. The topological polar surface area (TPSA) is 30.5 Å². The van der Waals surface area contributed by atoms with Crippen molar-refractivity contribution in [2.24, 2.45) is 0 Å². The molecule has 0 aromatic heterocycles. The molecule has 1 fully saturated rings. The number of rotatable bonds is 0. The molecule has 8 heteroatoms. The van der Waals surface area contributed by atoms with E-state index in [2.05, 4.69) is 58.0 Å². The van der Waals surface area contributed by atoms with E-state index >= 15 is 0 Å². The van der Waals surface area contributed by atoms with Crippen molar-refractivity contribution in [3.8, 4) is 0 Å². The van der Waals surface area contributed by atoms with Gasteiger partial charge in [0.1, 0.15) is 0 Å². The summed E-state index contributed by atoms with van der Waals surface area (Å²) in [6.07, 6.45) is 0. The Kier molecular flexibility index (Phi) is 3.92. The zero-order chi connectivity index (χ0) is 11.0. The van der Waals surface area contributed by atoms with Crippen LogP contribution < -0.4 is 9.30 Å². The van der Waals surface area contributed by atoms with Gasteiger partial charge in [-0.2, -0.15) is 0 Å². The molecule has 0 aliphatic carbocycles. The van der Waals surface area contributed by atoms with Gasteiger partial charge in [0.25, 0.3) is 0 Å². The molecule has 1 aliphatic heterocycles. The van der Waals surface area contributed by atoms with Gasteiger partial charge in [0, 0.05) is 0 Å². The highest BCUT2D eigenvalue weighted by Crippen LogP contribution is 2.17. The molecule has 0 atom stereocenters. The van der Waals surface area contributed by atoms with Crippen LogP contribution >= 0.6 is 0 Å². The van der Waals surface area contributed by atoms with E-state index in [1.54, 1.807) is 0 Å². The van der Waals surface area contributed by atoms with Crippen LogP contribution in [0.5, 0.6) is 0 Å². The van der Waals surface area contributed by atoms with Gasteiger partial charge in [-0.05, 0) is 40.3 Å². The van der Waals surface area contributed by atoms with Crippen molar-refractivity contribution < 1.29 is 0 Å². The second-order valence-corrected chi connectivity index (χ2v) is 19.4. The zero-order valence-electron chi connectivity index (χ0n) is 10.3. The normalized spacial score (nSPS) is 33.0. The highest BCUT2D eigenvalue weighted by molar-refractivity contribution is 6.93. The van der Waals surface area contributed by atoms with E-state index in [4.69, 9.17) is 0 Å². The molecule has 2 N–H and O–H groups in total. The molecule has 0 radical (unpaired) electrons. The Labute approximate surface area is 94.7 Å². The lowest BCUT2D eigenvalue weighted by molar-refractivity contribution is 0.622. The van der Waals surface area contributed by atoms with Crippen molar-refractivity contribution in [1.29, 1.82) is 0 Å². The maximum absolute atomic E-state index is 3.82. The van der Waals surface area contributed by atoms with E-state index in [9.17, 15) is 0 Å². The third kappa shape index (κ3) is 2.44. The fraction of sp³-hybridized carbons (Fsp3) is 1.00. The summed E-state index contributed by atoms with van der Waals surface area (Å²) >= 11 is 0. The smallest absolute Gasteiger partial charge is 0.188 e. The van der Waals surface area contributed by atoms with Crippen LogP contribution in [0.2, 0.25) is 26.2 Å². The Morgan fingerprint density at radius 3 is 2.21 bits per heavy atom. The van der Waals surface area contributed by atoms with E-state index in [0.717, 1.165) is 0 Å². The highest BCUT2D eigenvalue weighted by atomic mass is 28.5. The van der Waals surface area contributed by atoms with Gasteiger partial charge < -0.3 is 17.8 Å². The Morgan fingerprint density at radius 1 is 1.07 bits per heavy atom. The van der Waals surface area contributed by atoms with Crippen LogP contribution in [0.15, 0.2) is 0 Å². The molecule has 1 aliphatic rings. The molecular formula is C6H24N4Si4. The van der Waals surface area contributed by atoms with Gasteiger partial charge in [0.05, 0.1) is 0 Å². The lowest BCUT2D eigenvalue weighted by atomic mass is 11.6. The highest BCUT2D eigenvalue weighted by Gasteiger charge is 2.41. The Hall–Kier alpha value is 0.708. The molecule has 14 heavy (non-hydrogen) atoms. The minimum Gasteiger partial charge on any atom is -0.346 e. The minimum atomic E-state index is -1.33. The van der Waals surface area contributed by atoms with Crippen molar-refractivity contribution >= 4 is 36.5 Å². The van der Waals surface area contributed by atoms with E-state index in [1.165, 1.54) is 0 Å². The molecule has 0 unspecified atom stereocenters. The fourth-order valence-electron chi connectivity index (χ4n) is 1.75. The third-order valence-corrected chi connectivity index (χ3v) is 21.4. The average molecular weight is 265 g/mol. The van der Waals surface area contributed by atoms with Gasteiger partial charge in [0.2, 0.25) is 0 Å². The zero-order valence-corrected chi connectivity index (χ0v) is 15.1. The lowest BCUT2D eigenvalue weighted by Gasteiger charge is -2.50. The summed E-state index contributed by atoms with van der Waals surface area (Å²) < 4.78 is 12.9. The summed E-state index contributed by atoms with van der Waals surface area (Å²) in [5, 5.41) is 0. The van der Waals surface area contributed by atoms with Gasteiger partial charge in [-0.25, -0.2) is 0 Å². The predicted molar refractivity (Wildman–Crippen MR) is 73.8 cm³/mol. The van der Waals surface area contributed by atoms with Crippen molar-refractivity contribution in [3.63, 3.8) is 0 Å². The first-order chi connectivity index (χ1) is 6.28. The standard InChI is InChI=1S/C6H24N4Si4/c1-9-12-7-11-8-13(3,4)10(2)14(9,5)6/h7-8H,11-12H2,1-6H3. The summed E-state index contributed by atoms with van der Waals surface area (Å²) in [7, 11) is 1.60. The first-order valence-corrected chi connectivity index (χ1v) is 13.8. The quantitative estimate of drug-likeness (QED) is 0.519. The van der Waals surface area contributed by atoms with E-state index in [1.807, 2.05) is 0 Å². The number of hydrogen-bond acceptors (Lipinski definition) is 4. The van der Waals surface area contributed by atoms with Gasteiger partial charge in [-0.15, -0.1) is 0 Å². The molecule has 0 bridgehead atoms. The van der Waals surface area contributed by atoms with Crippen molar-refractivity contribution in [2.45, 2.75) is 26.2 Å². The third-order valence-electron chi connectivity index (χ3n) is 3.59. The van der Waals surface area contributed by atoms with Crippen LogP contribution in [0, 0.1) is 0 Å². The average Bonchev–Trinajstić information content (AvgIpc) is 2.09. The van der Waals surface area contributed by atoms with Crippen LogP contribution in [0.4, 0.5) is 0 Å². The fourth-order valence-corrected chi connectivity index (χ4v) is 18.7. The minimum absolute atomic E-state index is 0.184. The summed E-state index contributed by atoms with van der Waals surface area (Å²) in [5.74, 6) is 0. The van der Waals surface area contributed by atoms with E-state index in [0.29, 0.717) is 0 Å². The Balaban J connectivity index is 2.89. The lowest BCUT2D eigenvalue weighted by Crippen LogP contribution is -2.76. The predicted octanol–water partition coefficient (Wildman–Crippen LogP) is -1.56. The number of hydrogen-bond donors (Lipinski definition) is 2. The number of nitrogens with zero attached hydrogens (tertiary/aromatic N) is 2. The molecule has 0 aromatic carbocycles. The molecule has 0 amide bonds. The largest absolute Gasteiger partial charge is 0.346 e. The van der Waals surface area contributed by atoms with E-state index < -0.39 is 16.8 Å². The van der Waals surface area contributed by atoms with Gasteiger partial charge in [-0.3, -0.25) is 0 Å². The molecule has 0 spiro atoms. The van der Waals surface area contributed by atoms with Crippen LogP contribution in [-0.4, -0.2) is 59.0 Å². The number of nitrogens with one attached hydrogen (secondary N) is 2. The molecule has 0 aromatic rings. The van der Waals surface area contributed by atoms with Gasteiger partial charge >= 0.3 is 0 Å². The molecular weight excluding hydrogens is 240 g/mol. The maximum Gasteiger partial charge on any atom is 0.188 e. The summed E-state index contributed by atoms with van der Waals surface area (Å²) in [5.41, 5.74) is 0. The monoisotopic (exact) mass is 264 g/mol. The van der Waals surface area contributed by atoms with Crippen molar-refractivity contribution in [3.05, 3.63) is 0 Å². The molecule has 0 saturated carbocycles. The molecule has 1 saturated heterocycles. The van der Waals surface area contributed by atoms with Crippen LogP contribution in [-0.2, 0) is 0 Å². The van der Waals surface area contributed by atoms with Gasteiger partial charge in [-0.1, -0.05) is 0 Å². The molecule has 84 valence electrons. The van der Waals surface area contributed by atoms with Crippen LogP contribution in [0.25, 0.3) is 0 Å². The molecule has 1 heterocycles. The molecule has 4 nitrogen and oxygen atoms in total. The maximum atomic E-state index is 3.82. The summed E-state index contributed by atoms with van der Waals surface area (Å²) in [4.78, 5) is 0. The van der Waals surface area contributed by atoms with Gasteiger partial charge in [0.15, 0.2) is 36.5 Å². The first kappa shape index (κ1) is 12.8. The van der Waals surface area contributed by atoms with Crippen molar-refractivity contribution in [2.75, 3.05) is 14.1 Å². The summed E-state index contributed by atoms with van der Waals surface area (Å²) in [6.45, 7) is 9.78. The van der Waals surface area contributed by atoms with Crippen molar-refractivity contribution in [1.82, 2.24) is 17.8 Å². The SMILES string of the molecule is CN1[SiH2]N[SiH2]N[Si](C)(C)N(C)[Si]1(C)C. The first-order valence-electron chi connectivity index (χ1n) is 5.19. The van der Waals surface area contributed by atoms with E-state index in [-0.39, 0.29) is 19.7 Å². The van der Waals surface area contributed by atoms with Crippen LogP contribution in [0.1, 0.15) is 0 Å². The second-order valence-electron chi connectivity index (χ2n) is 5.07. The Bertz CT molecular complexity index is 210.